The Hall–Kier alpha value is -2.37. The van der Waals surface area contributed by atoms with E-state index in [0.717, 1.165) is 36.1 Å². The van der Waals surface area contributed by atoms with E-state index in [2.05, 4.69) is 5.32 Å². The largest absolute Gasteiger partial charge is 0.334 e. The van der Waals surface area contributed by atoms with Crippen LogP contribution in [0.15, 0.2) is 30.3 Å². The number of rotatable bonds is 6. The van der Waals surface area contributed by atoms with Crippen LogP contribution in [0.4, 0.5) is 4.79 Å². The zero-order valence-electron chi connectivity index (χ0n) is 16.2. The average Bonchev–Trinajstić information content (AvgIpc) is 2.90. The maximum atomic E-state index is 13.0. The fourth-order valence-electron chi connectivity index (χ4n) is 4.03. The van der Waals surface area contributed by atoms with E-state index in [9.17, 15) is 14.4 Å². The Bertz CT molecular complexity index is 698. The van der Waals surface area contributed by atoms with Crippen LogP contribution >= 0.6 is 0 Å². The standard InChI is InChI=1S/C21H29N3O3/c1-3-16(2)23(14-17-10-6-4-7-11-17)18(25)15-24-19(26)21(22-20(24)27)12-8-5-9-13-21/h4,6-7,10-11,16H,3,5,8-9,12-15H2,1-2H3,(H,22,27). The molecule has 6 heteroatoms. The van der Waals surface area contributed by atoms with E-state index in [1.807, 2.05) is 44.2 Å². The molecule has 146 valence electrons. The van der Waals surface area contributed by atoms with Gasteiger partial charge in [-0.05, 0) is 31.7 Å². The Morgan fingerprint density at radius 1 is 1.19 bits per heavy atom. The number of benzene rings is 1. The molecule has 1 saturated heterocycles. The van der Waals surface area contributed by atoms with Crippen LogP contribution in [0.3, 0.4) is 0 Å². The Morgan fingerprint density at radius 3 is 2.48 bits per heavy atom. The lowest BCUT2D eigenvalue weighted by atomic mass is 9.82. The molecule has 1 N–H and O–H groups in total. The Labute approximate surface area is 160 Å². The van der Waals surface area contributed by atoms with Crippen molar-refractivity contribution in [1.82, 2.24) is 15.1 Å². The van der Waals surface area contributed by atoms with Crippen molar-refractivity contribution in [2.45, 2.75) is 70.5 Å². The van der Waals surface area contributed by atoms with E-state index in [4.69, 9.17) is 0 Å². The van der Waals surface area contributed by atoms with Gasteiger partial charge in [-0.25, -0.2) is 4.79 Å². The van der Waals surface area contributed by atoms with Crippen LogP contribution < -0.4 is 5.32 Å². The molecule has 1 spiro atoms. The van der Waals surface area contributed by atoms with Gasteiger partial charge in [-0.15, -0.1) is 0 Å². The second kappa shape index (κ2) is 8.11. The number of hydrogen-bond acceptors (Lipinski definition) is 3. The summed E-state index contributed by atoms with van der Waals surface area (Å²) in [4.78, 5) is 41.3. The Morgan fingerprint density at radius 2 is 1.85 bits per heavy atom. The summed E-state index contributed by atoms with van der Waals surface area (Å²) in [6.45, 7) is 4.31. The molecule has 0 aromatic heterocycles. The van der Waals surface area contributed by atoms with Crippen LogP contribution in [-0.2, 0) is 16.1 Å². The van der Waals surface area contributed by atoms with Gasteiger partial charge in [0.05, 0.1) is 0 Å². The summed E-state index contributed by atoms with van der Waals surface area (Å²) in [6, 6.07) is 9.38. The highest BCUT2D eigenvalue weighted by Crippen LogP contribution is 2.33. The van der Waals surface area contributed by atoms with Crippen LogP contribution in [0, 0.1) is 0 Å². The first-order valence-corrected chi connectivity index (χ1v) is 9.94. The summed E-state index contributed by atoms with van der Waals surface area (Å²) in [5.41, 5.74) is 0.253. The molecule has 4 amide bonds. The van der Waals surface area contributed by atoms with Gasteiger partial charge in [-0.2, -0.15) is 0 Å². The SMILES string of the molecule is CCC(C)N(Cc1ccccc1)C(=O)CN1C(=O)NC2(CCCCC2)C1=O. The highest BCUT2D eigenvalue weighted by molar-refractivity contribution is 6.09. The molecule has 1 aromatic carbocycles. The molecule has 1 saturated carbocycles. The Balaban J connectivity index is 1.73. The minimum absolute atomic E-state index is 0.0297. The van der Waals surface area contributed by atoms with Crippen LogP contribution in [-0.4, -0.2) is 45.8 Å². The van der Waals surface area contributed by atoms with Crippen molar-refractivity contribution in [3.63, 3.8) is 0 Å². The normalized spacial score (nSPS) is 19.9. The van der Waals surface area contributed by atoms with Gasteiger partial charge in [0.2, 0.25) is 5.91 Å². The number of urea groups is 1. The molecule has 3 rings (SSSR count). The number of carbonyl (C=O) groups excluding carboxylic acids is 3. The molecule has 0 bridgehead atoms. The molecule has 1 aliphatic carbocycles. The zero-order valence-corrected chi connectivity index (χ0v) is 16.2. The number of nitrogens with one attached hydrogen (secondary N) is 1. The van der Waals surface area contributed by atoms with Crippen molar-refractivity contribution in [1.29, 1.82) is 0 Å². The quantitative estimate of drug-likeness (QED) is 0.782. The maximum absolute atomic E-state index is 13.0. The molecule has 6 nitrogen and oxygen atoms in total. The first kappa shape index (κ1) is 19.4. The van der Waals surface area contributed by atoms with Gasteiger partial charge in [0, 0.05) is 12.6 Å². The van der Waals surface area contributed by atoms with Crippen molar-refractivity contribution in [3.05, 3.63) is 35.9 Å². The fraction of sp³-hybridized carbons (Fsp3) is 0.571. The van der Waals surface area contributed by atoms with Gasteiger partial charge in [-0.1, -0.05) is 56.5 Å². The van der Waals surface area contributed by atoms with E-state index in [0.29, 0.717) is 19.4 Å². The average molecular weight is 371 g/mol. The van der Waals surface area contributed by atoms with Crippen LogP contribution in [0.5, 0.6) is 0 Å². The molecule has 2 aliphatic rings. The molecule has 0 radical (unpaired) electrons. The fourth-order valence-corrected chi connectivity index (χ4v) is 4.03. The predicted octanol–water partition coefficient (Wildman–Crippen LogP) is 3.07. The minimum atomic E-state index is -0.782. The molecule has 1 unspecified atom stereocenters. The highest BCUT2D eigenvalue weighted by Gasteiger charge is 2.51. The molecule has 1 aliphatic heterocycles. The summed E-state index contributed by atoms with van der Waals surface area (Å²) in [6.07, 6.45) is 5.09. The molecular formula is C21H29N3O3. The number of hydrogen-bond donors (Lipinski definition) is 1. The number of nitrogens with zero attached hydrogens (tertiary/aromatic N) is 2. The zero-order chi connectivity index (χ0) is 19.4. The van der Waals surface area contributed by atoms with Crippen LogP contribution in [0.1, 0.15) is 57.9 Å². The third-order valence-electron chi connectivity index (χ3n) is 5.89. The Kier molecular flexibility index (Phi) is 5.82. The molecule has 1 atom stereocenters. The molecule has 27 heavy (non-hydrogen) atoms. The van der Waals surface area contributed by atoms with E-state index in [1.54, 1.807) is 4.90 Å². The third-order valence-corrected chi connectivity index (χ3v) is 5.89. The summed E-state index contributed by atoms with van der Waals surface area (Å²) in [7, 11) is 0. The van der Waals surface area contributed by atoms with Gasteiger partial charge in [0.1, 0.15) is 12.1 Å². The van der Waals surface area contributed by atoms with Crippen molar-refractivity contribution >= 4 is 17.8 Å². The van der Waals surface area contributed by atoms with Gasteiger partial charge < -0.3 is 10.2 Å². The lowest BCUT2D eigenvalue weighted by Crippen LogP contribution is -2.49. The highest BCUT2D eigenvalue weighted by atomic mass is 16.2. The summed E-state index contributed by atoms with van der Waals surface area (Å²) >= 11 is 0. The number of carbonyl (C=O) groups is 3. The molecule has 1 aromatic rings. The summed E-state index contributed by atoms with van der Waals surface area (Å²) < 4.78 is 0. The second-order valence-electron chi connectivity index (χ2n) is 7.73. The van der Waals surface area contributed by atoms with E-state index in [-0.39, 0.29) is 24.4 Å². The molecular weight excluding hydrogens is 342 g/mol. The lowest BCUT2D eigenvalue weighted by Gasteiger charge is -2.31. The topological polar surface area (TPSA) is 69.7 Å². The van der Waals surface area contributed by atoms with Gasteiger partial charge in [-0.3, -0.25) is 14.5 Å². The van der Waals surface area contributed by atoms with E-state index >= 15 is 0 Å². The molecule has 1 heterocycles. The van der Waals surface area contributed by atoms with Crippen molar-refractivity contribution in [3.8, 4) is 0 Å². The predicted molar refractivity (Wildman–Crippen MR) is 103 cm³/mol. The summed E-state index contributed by atoms with van der Waals surface area (Å²) in [5, 5.41) is 2.87. The minimum Gasteiger partial charge on any atom is -0.334 e. The third kappa shape index (κ3) is 3.99. The first-order valence-electron chi connectivity index (χ1n) is 9.94. The van der Waals surface area contributed by atoms with Crippen molar-refractivity contribution in [2.75, 3.05) is 6.54 Å². The maximum Gasteiger partial charge on any atom is 0.325 e. The monoisotopic (exact) mass is 371 g/mol. The van der Waals surface area contributed by atoms with Crippen LogP contribution in [0.2, 0.25) is 0 Å². The van der Waals surface area contributed by atoms with E-state index < -0.39 is 11.6 Å². The smallest absolute Gasteiger partial charge is 0.325 e. The second-order valence-corrected chi connectivity index (χ2v) is 7.73. The van der Waals surface area contributed by atoms with Crippen molar-refractivity contribution < 1.29 is 14.4 Å². The number of amides is 4. The van der Waals surface area contributed by atoms with Crippen LogP contribution in [0.25, 0.3) is 0 Å². The summed E-state index contributed by atoms with van der Waals surface area (Å²) in [5.74, 6) is -0.422. The van der Waals surface area contributed by atoms with E-state index in [1.165, 1.54) is 0 Å². The first-order chi connectivity index (χ1) is 13.0. The van der Waals surface area contributed by atoms with Crippen molar-refractivity contribution in [2.24, 2.45) is 0 Å². The van der Waals surface area contributed by atoms with Gasteiger partial charge in [0.25, 0.3) is 5.91 Å². The van der Waals surface area contributed by atoms with Gasteiger partial charge in [0.15, 0.2) is 0 Å². The molecule has 2 fully saturated rings. The lowest BCUT2D eigenvalue weighted by molar-refractivity contribution is -0.141. The van der Waals surface area contributed by atoms with Gasteiger partial charge >= 0.3 is 6.03 Å². The number of imide groups is 1.